The summed E-state index contributed by atoms with van der Waals surface area (Å²) in [5.41, 5.74) is 8.32. The average Bonchev–Trinajstić information content (AvgIpc) is 2.45. The molecule has 104 valence electrons. The molecule has 2 nitrogen and oxygen atoms in total. The van der Waals surface area contributed by atoms with Crippen LogP contribution in [0.15, 0.2) is 54.6 Å². The molecule has 3 heteroatoms. The van der Waals surface area contributed by atoms with Crippen LogP contribution in [0.3, 0.4) is 0 Å². The van der Waals surface area contributed by atoms with Crippen molar-refractivity contribution in [2.75, 3.05) is 13.2 Å². The molecule has 0 aliphatic heterocycles. The smallest absolute Gasteiger partial charge is 0.123 e. The monoisotopic (exact) mass is 271 g/mol. The van der Waals surface area contributed by atoms with Gasteiger partial charge in [0.2, 0.25) is 0 Å². The Morgan fingerprint density at radius 1 is 1.15 bits per heavy atom. The number of hydrogen-bond acceptors (Lipinski definition) is 2. The van der Waals surface area contributed by atoms with E-state index in [1.165, 1.54) is 12.1 Å². The van der Waals surface area contributed by atoms with E-state index < -0.39 is 0 Å². The van der Waals surface area contributed by atoms with Gasteiger partial charge in [-0.2, -0.15) is 0 Å². The lowest BCUT2D eigenvalue weighted by atomic mass is 9.97. The lowest BCUT2D eigenvalue weighted by Crippen LogP contribution is -1.98. The van der Waals surface area contributed by atoms with Crippen molar-refractivity contribution in [1.82, 2.24) is 0 Å². The summed E-state index contributed by atoms with van der Waals surface area (Å²) in [6, 6.07) is 14.2. The molecule has 0 spiro atoms. The Morgan fingerprint density at radius 3 is 2.50 bits per heavy atom. The van der Waals surface area contributed by atoms with Gasteiger partial charge in [0, 0.05) is 6.54 Å². The third-order valence-corrected chi connectivity index (χ3v) is 2.91. The normalized spacial score (nSPS) is 11.4. The van der Waals surface area contributed by atoms with Gasteiger partial charge in [-0.3, -0.25) is 0 Å². The number of ether oxygens (including phenoxy) is 1. The van der Waals surface area contributed by atoms with Gasteiger partial charge in [-0.1, -0.05) is 30.3 Å². The zero-order chi connectivity index (χ0) is 14.4. The van der Waals surface area contributed by atoms with Crippen LogP contribution in [0.5, 0.6) is 5.75 Å². The highest BCUT2D eigenvalue weighted by molar-refractivity contribution is 5.80. The van der Waals surface area contributed by atoms with Gasteiger partial charge in [0.15, 0.2) is 0 Å². The van der Waals surface area contributed by atoms with Crippen molar-refractivity contribution in [3.8, 4) is 5.75 Å². The number of rotatable bonds is 5. The van der Waals surface area contributed by atoms with Crippen molar-refractivity contribution in [3.05, 3.63) is 71.6 Å². The summed E-state index contributed by atoms with van der Waals surface area (Å²) < 4.78 is 18.9. The maximum absolute atomic E-state index is 13.4. The highest BCUT2D eigenvalue weighted by Crippen LogP contribution is 2.26. The molecular weight excluding hydrogens is 253 g/mol. The fraction of sp³-hybridized carbons (Fsp3) is 0.176. The Balaban J connectivity index is 2.44. The van der Waals surface area contributed by atoms with Gasteiger partial charge in [0.1, 0.15) is 11.6 Å². The minimum Gasteiger partial charge on any atom is -0.494 e. The third kappa shape index (κ3) is 3.45. The molecule has 0 amide bonds. The summed E-state index contributed by atoms with van der Waals surface area (Å²) >= 11 is 0. The Bertz CT molecular complexity index is 607. The van der Waals surface area contributed by atoms with Crippen LogP contribution in [-0.4, -0.2) is 13.2 Å². The highest BCUT2D eigenvalue weighted by Gasteiger charge is 2.07. The van der Waals surface area contributed by atoms with E-state index in [-0.39, 0.29) is 5.82 Å². The van der Waals surface area contributed by atoms with Crippen LogP contribution in [0.25, 0.3) is 5.57 Å². The van der Waals surface area contributed by atoms with Gasteiger partial charge < -0.3 is 10.5 Å². The first-order chi connectivity index (χ1) is 9.74. The number of halogens is 1. The minimum absolute atomic E-state index is 0.258. The van der Waals surface area contributed by atoms with Crippen molar-refractivity contribution in [3.63, 3.8) is 0 Å². The number of nitrogens with two attached hydrogens (primary N) is 1. The van der Waals surface area contributed by atoms with Crippen LogP contribution in [0, 0.1) is 5.82 Å². The molecule has 0 radical (unpaired) electrons. The van der Waals surface area contributed by atoms with E-state index in [4.69, 9.17) is 10.5 Å². The molecule has 0 saturated carbocycles. The molecule has 2 rings (SSSR count). The molecular formula is C17H18FNO. The predicted octanol–water partition coefficient (Wildman–Crippen LogP) is 3.61. The first-order valence-corrected chi connectivity index (χ1v) is 6.64. The van der Waals surface area contributed by atoms with Crippen LogP contribution < -0.4 is 10.5 Å². The molecule has 0 bridgehead atoms. The van der Waals surface area contributed by atoms with E-state index in [2.05, 4.69) is 0 Å². The van der Waals surface area contributed by atoms with Crippen molar-refractivity contribution in [2.24, 2.45) is 5.73 Å². The molecule has 0 saturated heterocycles. The quantitative estimate of drug-likeness (QED) is 0.901. The molecule has 0 unspecified atom stereocenters. The van der Waals surface area contributed by atoms with Gasteiger partial charge in [-0.25, -0.2) is 4.39 Å². The lowest BCUT2D eigenvalue weighted by Gasteiger charge is -2.11. The zero-order valence-electron chi connectivity index (χ0n) is 11.5. The molecule has 20 heavy (non-hydrogen) atoms. The van der Waals surface area contributed by atoms with E-state index in [9.17, 15) is 4.39 Å². The molecule has 0 heterocycles. The third-order valence-electron chi connectivity index (χ3n) is 2.91. The van der Waals surface area contributed by atoms with E-state index in [0.717, 1.165) is 22.4 Å². The standard InChI is InChI=1S/C17H18FNO/c1-2-20-16-8-4-6-14(12-16)17(9-10-19)13-5-3-7-15(18)11-13/h3-9,11-12H,2,10,19H2,1H3/b17-9+. The molecule has 2 N–H and O–H groups in total. The Morgan fingerprint density at radius 2 is 1.85 bits per heavy atom. The molecule has 2 aromatic carbocycles. The van der Waals surface area contributed by atoms with E-state index in [0.29, 0.717) is 13.2 Å². The fourth-order valence-electron chi connectivity index (χ4n) is 2.10. The molecule has 0 aliphatic carbocycles. The maximum atomic E-state index is 13.4. The SMILES string of the molecule is CCOc1cccc(/C(=C/CN)c2cccc(F)c2)c1. The van der Waals surface area contributed by atoms with Crippen molar-refractivity contribution < 1.29 is 9.13 Å². The summed E-state index contributed by atoms with van der Waals surface area (Å²) in [7, 11) is 0. The second-order valence-corrected chi connectivity index (χ2v) is 4.32. The Hall–Kier alpha value is -2.13. The van der Waals surface area contributed by atoms with Crippen LogP contribution in [-0.2, 0) is 0 Å². The van der Waals surface area contributed by atoms with Gasteiger partial charge in [-0.15, -0.1) is 0 Å². The van der Waals surface area contributed by atoms with Crippen LogP contribution >= 0.6 is 0 Å². The topological polar surface area (TPSA) is 35.2 Å². The largest absolute Gasteiger partial charge is 0.494 e. The molecule has 2 aromatic rings. The number of benzene rings is 2. The average molecular weight is 271 g/mol. The molecule has 0 aromatic heterocycles. The molecule has 0 fully saturated rings. The van der Waals surface area contributed by atoms with Gasteiger partial charge in [0.05, 0.1) is 6.61 Å². The van der Waals surface area contributed by atoms with E-state index in [1.54, 1.807) is 6.07 Å². The maximum Gasteiger partial charge on any atom is 0.123 e. The van der Waals surface area contributed by atoms with Crippen LogP contribution in [0.2, 0.25) is 0 Å². The molecule has 0 aliphatic rings. The summed E-state index contributed by atoms with van der Waals surface area (Å²) in [5, 5.41) is 0. The van der Waals surface area contributed by atoms with Crippen molar-refractivity contribution in [1.29, 1.82) is 0 Å². The zero-order valence-corrected chi connectivity index (χ0v) is 11.5. The van der Waals surface area contributed by atoms with Crippen molar-refractivity contribution in [2.45, 2.75) is 6.92 Å². The summed E-state index contributed by atoms with van der Waals surface area (Å²) in [6.07, 6.45) is 1.89. The second kappa shape index (κ2) is 6.87. The molecule has 0 atom stereocenters. The lowest BCUT2D eigenvalue weighted by molar-refractivity contribution is 0.340. The van der Waals surface area contributed by atoms with E-state index in [1.807, 2.05) is 43.3 Å². The Labute approximate surface area is 118 Å². The van der Waals surface area contributed by atoms with E-state index >= 15 is 0 Å². The number of hydrogen-bond donors (Lipinski definition) is 1. The second-order valence-electron chi connectivity index (χ2n) is 4.32. The van der Waals surface area contributed by atoms with Gasteiger partial charge in [-0.05, 0) is 47.9 Å². The predicted molar refractivity (Wildman–Crippen MR) is 80.1 cm³/mol. The first kappa shape index (κ1) is 14.3. The summed E-state index contributed by atoms with van der Waals surface area (Å²) in [5.74, 6) is 0.538. The summed E-state index contributed by atoms with van der Waals surface area (Å²) in [4.78, 5) is 0. The van der Waals surface area contributed by atoms with Crippen LogP contribution in [0.1, 0.15) is 18.1 Å². The van der Waals surface area contributed by atoms with Crippen molar-refractivity contribution >= 4 is 5.57 Å². The van der Waals surface area contributed by atoms with Gasteiger partial charge in [0.25, 0.3) is 0 Å². The van der Waals surface area contributed by atoms with Crippen LogP contribution in [0.4, 0.5) is 4.39 Å². The minimum atomic E-state index is -0.258. The fourth-order valence-corrected chi connectivity index (χ4v) is 2.10. The highest BCUT2D eigenvalue weighted by atomic mass is 19.1. The first-order valence-electron chi connectivity index (χ1n) is 6.64. The summed E-state index contributed by atoms with van der Waals surface area (Å²) in [6.45, 7) is 2.94. The van der Waals surface area contributed by atoms with Gasteiger partial charge >= 0.3 is 0 Å². The Kier molecular flexibility index (Phi) is 4.91.